The first-order valence-corrected chi connectivity index (χ1v) is 9.82. The molecule has 0 spiro atoms. The highest BCUT2D eigenvalue weighted by Crippen LogP contribution is 2.23. The maximum atomic E-state index is 12.2. The van der Waals surface area contributed by atoms with E-state index in [-0.39, 0.29) is 24.2 Å². The fourth-order valence-corrected chi connectivity index (χ4v) is 3.53. The summed E-state index contributed by atoms with van der Waals surface area (Å²) in [5.41, 5.74) is 1.73. The zero-order valence-electron chi connectivity index (χ0n) is 15.6. The van der Waals surface area contributed by atoms with Gasteiger partial charge in [-0.1, -0.05) is 36.4 Å². The summed E-state index contributed by atoms with van der Waals surface area (Å²) in [4.78, 5) is 39.6. The Morgan fingerprint density at radius 1 is 1.26 bits per heavy atom. The fourth-order valence-electron chi connectivity index (χ4n) is 2.54. The SMILES string of the molecule is COC(=O)CCCCCN=C1NC(=O)[C@@H](CC(=O)Nc2ccccc2C)S1. The van der Waals surface area contributed by atoms with Crippen molar-refractivity contribution in [3.05, 3.63) is 29.8 Å². The van der Waals surface area contributed by atoms with Crippen molar-refractivity contribution in [1.29, 1.82) is 0 Å². The van der Waals surface area contributed by atoms with Crippen molar-refractivity contribution in [2.75, 3.05) is 19.0 Å². The smallest absolute Gasteiger partial charge is 0.305 e. The van der Waals surface area contributed by atoms with Gasteiger partial charge in [0.15, 0.2) is 5.17 Å². The molecule has 1 heterocycles. The van der Waals surface area contributed by atoms with E-state index >= 15 is 0 Å². The molecular formula is C19H25N3O4S. The maximum Gasteiger partial charge on any atom is 0.305 e. The minimum atomic E-state index is -0.466. The number of aryl methyl sites for hydroxylation is 1. The van der Waals surface area contributed by atoms with Gasteiger partial charge in [0.1, 0.15) is 5.25 Å². The minimum absolute atomic E-state index is 0.100. The molecule has 0 aromatic heterocycles. The van der Waals surface area contributed by atoms with Gasteiger partial charge >= 0.3 is 5.97 Å². The third-order valence-electron chi connectivity index (χ3n) is 4.09. The zero-order chi connectivity index (χ0) is 19.6. The van der Waals surface area contributed by atoms with Gasteiger partial charge in [0, 0.05) is 25.1 Å². The van der Waals surface area contributed by atoms with Crippen LogP contribution in [0.1, 0.15) is 37.7 Å². The van der Waals surface area contributed by atoms with Crippen molar-refractivity contribution < 1.29 is 19.1 Å². The number of hydrogen-bond donors (Lipinski definition) is 2. The summed E-state index contributed by atoms with van der Waals surface area (Å²) in [7, 11) is 1.38. The van der Waals surface area contributed by atoms with E-state index in [0.29, 0.717) is 18.1 Å². The van der Waals surface area contributed by atoms with Gasteiger partial charge in [-0.05, 0) is 31.4 Å². The summed E-state index contributed by atoms with van der Waals surface area (Å²) in [5, 5.41) is 5.66. The molecule has 2 amide bonds. The molecule has 0 saturated carbocycles. The van der Waals surface area contributed by atoms with E-state index in [2.05, 4.69) is 20.4 Å². The van der Waals surface area contributed by atoms with E-state index in [1.807, 2.05) is 31.2 Å². The number of carbonyl (C=O) groups excluding carboxylic acids is 3. The van der Waals surface area contributed by atoms with Crippen LogP contribution in [0, 0.1) is 6.92 Å². The number of amides is 2. The fraction of sp³-hybridized carbons (Fsp3) is 0.474. The molecule has 0 aliphatic carbocycles. The Hall–Kier alpha value is -2.35. The quantitative estimate of drug-likeness (QED) is 0.498. The number of aliphatic imine (C=N–C) groups is 1. The van der Waals surface area contributed by atoms with Crippen LogP contribution >= 0.6 is 11.8 Å². The van der Waals surface area contributed by atoms with Gasteiger partial charge in [0.2, 0.25) is 11.8 Å². The normalized spacial score (nSPS) is 17.6. The highest BCUT2D eigenvalue weighted by Gasteiger charge is 2.31. The molecule has 1 aliphatic heterocycles. The predicted molar refractivity (Wildman–Crippen MR) is 107 cm³/mol. The number of esters is 1. The number of ether oxygens (including phenoxy) is 1. The van der Waals surface area contributed by atoms with E-state index in [1.54, 1.807) is 0 Å². The van der Waals surface area contributed by atoms with Crippen molar-refractivity contribution in [3.8, 4) is 0 Å². The van der Waals surface area contributed by atoms with Gasteiger partial charge in [-0.2, -0.15) is 0 Å². The summed E-state index contributed by atoms with van der Waals surface area (Å²) in [5.74, 6) is -0.586. The number of nitrogens with one attached hydrogen (secondary N) is 2. The number of hydrogen-bond acceptors (Lipinski definition) is 6. The number of amidine groups is 1. The van der Waals surface area contributed by atoms with Crippen LogP contribution in [0.2, 0.25) is 0 Å². The lowest BCUT2D eigenvalue weighted by Crippen LogP contribution is -2.28. The Morgan fingerprint density at radius 2 is 2.04 bits per heavy atom. The number of carbonyl (C=O) groups is 3. The molecule has 146 valence electrons. The van der Waals surface area contributed by atoms with Crippen LogP contribution in [-0.4, -0.2) is 41.9 Å². The number of methoxy groups -OCH3 is 1. The van der Waals surface area contributed by atoms with Crippen LogP contribution in [0.15, 0.2) is 29.3 Å². The molecule has 0 bridgehead atoms. The first-order chi connectivity index (χ1) is 13.0. The molecule has 27 heavy (non-hydrogen) atoms. The molecule has 0 unspecified atom stereocenters. The second kappa shape index (κ2) is 10.7. The molecular weight excluding hydrogens is 366 g/mol. The lowest BCUT2D eigenvalue weighted by atomic mass is 10.2. The Bertz CT molecular complexity index is 721. The highest BCUT2D eigenvalue weighted by atomic mass is 32.2. The third-order valence-corrected chi connectivity index (χ3v) is 5.21. The highest BCUT2D eigenvalue weighted by molar-refractivity contribution is 8.15. The lowest BCUT2D eigenvalue weighted by Gasteiger charge is -2.09. The number of nitrogens with zero attached hydrogens (tertiary/aromatic N) is 1. The Labute approximate surface area is 163 Å². The number of rotatable bonds is 9. The number of unbranched alkanes of at least 4 members (excludes halogenated alkanes) is 2. The molecule has 2 N–H and O–H groups in total. The molecule has 2 rings (SSSR count). The molecule has 1 saturated heterocycles. The van der Waals surface area contributed by atoms with Crippen LogP contribution in [0.5, 0.6) is 0 Å². The zero-order valence-corrected chi connectivity index (χ0v) is 16.4. The van der Waals surface area contributed by atoms with Crippen LogP contribution in [0.25, 0.3) is 0 Å². The molecule has 7 nitrogen and oxygen atoms in total. The number of benzene rings is 1. The van der Waals surface area contributed by atoms with Gasteiger partial charge in [0.05, 0.1) is 7.11 Å². The van der Waals surface area contributed by atoms with Crippen molar-refractivity contribution in [2.24, 2.45) is 4.99 Å². The first kappa shape index (κ1) is 21.0. The summed E-state index contributed by atoms with van der Waals surface area (Å²) < 4.78 is 4.59. The van der Waals surface area contributed by atoms with E-state index in [1.165, 1.54) is 18.9 Å². The second-order valence-corrected chi connectivity index (χ2v) is 7.43. The summed E-state index contributed by atoms with van der Waals surface area (Å²) in [6.45, 7) is 2.49. The monoisotopic (exact) mass is 391 g/mol. The van der Waals surface area contributed by atoms with Crippen molar-refractivity contribution in [1.82, 2.24) is 5.32 Å². The predicted octanol–water partition coefficient (Wildman–Crippen LogP) is 2.64. The largest absolute Gasteiger partial charge is 0.469 e. The van der Waals surface area contributed by atoms with Crippen LogP contribution in [0.4, 0.5) is 5.69 Å². The summed E-state index contributed by atoms with van der Waals surface area (Å²) in [6, 6.07) is 7.52. The van der Waals surface area contributed by atoms with Gasteiger partial charge in [-0.25, -0.2) is 0 Å². The molecule has 1 aliphatic rings. The van der Waals surface area contributed by atoms with Crippen molar-refractivity contribution >= 4 is 40.4 Å². The van der Waals surface area contributed by atoms with Crippen molar-refractivity contribution in [2.45, 2.75) is 44.3 Å². The number of para-hydroxylation sites is 1. The number of anilines is 1. The molecule has 8 heteroatoms. The number of thioether (sulfide) groups is 1. The lowest BCUT2D eigenvalue weighted by molar-refractivity contribution is -0.140. The van der Waals surface area contributed by atoms with Gasteiger partial charge in [-0.3, -0.25) is 19.4 Å². The minimum Gasteiger partial charge on any atom is -0.469 e. The van der Waals surface area contributed by atoms with Gasteiger partial charge in [-0.15, -0.1) is 0 Å². The van der Waals surface area contributed by atoms with E-state index < -0.39 is 5.25 Å². The second-order valence-electron chi connectivity index (χ2n) is 6.24. The standard InChI is InChI=1S/C19H25N3O4S/c1-13-8-5-6-9-14(13)21-16(23)12-15-18(25)22-19(27-15)20-11-7-3-4-10-17(24)26-2/h5-6,8-9,15H,3-4,7,10-12H2,1-2H3,(H,21,23)(H,20,22,25)/t15-/m1/s1. The van der Waals surface area contributed by atoms with Crippen LogP contribution in [0.3, 0.4) is 0 Å². The molecule has 1 aromatic carbocycles. The molecule has 1 atom stereocenters. The average molecular weight is 391 g/mol. The third kappa shape index (κ3) is 7.05. The van der Waals surface area contributed by atoms with E-state index in [0.717, 1.165) is 30.5 Å². The van der Waals surface area contributed by atoms with Gasteiger partial charge < -0.3 is 15.4 Å². The van der Waals surface area contributed by atoms with E-state index in [9.17, 15) is 14.4 Å². The first-order valence-electron chi connectivity index (χ1n) is 8.94. The van der Waals surface area contributed by atoms with Crippen LogP contribution in [-0.2, 0) is 19.1 Å². The summed E-state index contributed by atoms with van der Waals surface area (Å²) in [6.07, 6.45) is 2.97. The molecule has 1 fully saturated rings. The Kier molecular flexibility index (Phi) is 8.32. The molecule has 0 radical (unpaired) electrons. The Morgan fingerprint density at radius 3 is 2.78 bits per heavy atom. The topological polar surface area (TPSA) is 96.9 Å². The Balaban J connectivity index is 1.72. The van der Waals surface area contributed by atoms with Gasteiger partial charge in [0.25, 0.3) is 0 Å². The van der Waals surface area contributed by atoms with Crippen LogP contribution < -0.4 is 10.6 Å². The molecule has 1 aromatic rings. The maximum absolute atomic E-state index is 12.2. The van der Waals surface area contributed by atoms with Crippen molar-refractivity contribution in [3.63, 3.8) is 0 Å². The van der Waals surface area contributed by atoms with E-state index in [4.69, 9.17) is 0 Å². The average Bonchev–Trinajstić information content (AvgIpc) is 2.99. The summed E-state index contributed by atoms with van der Waals surface area (Å²) >= 11 is 1.29.